The van der Waals surface area contributed by atoms with E-state index in [0.717, 1.165) is 4.47 Å². The number of carbonyl (C=O) groups excluding carboxylic acids is 2. The van der Waals surface area contributed by atoms with Gasteiger partial charge < -0.3 is 10.6 Å². The number of benzene rings is 2. The summed E-state index contributed by atoms with van der Waals surface area (Å²) in [4.78, 5) is 23.7. The first-order valence-electron chi connectivity index (χ1n) is 6.74. The molecule has 0 bridgehead atoms. The smallest absolute Gasteiger partial charge is 0.254 e. The zero-order valence-electron chi connectivity index (χ0n) is 11.9. The minimum absolute atomic E-state index is 0.0623. The number of hydrogen-bond donors (Lipinski definition) is 2. The summed E-state index contributed by atoms with van der Waals surface area (Å²) in [6, 6.07) is 11.3. The van der Waals surface area contributed by atoms with E-state index in [1.54, 1.807) is 12.1 Å². The van der Waals surface area contributed by atoms with Gasteiger partial charge in [-0.3, -0.25) is 9.59 Å². The molecule has 0 fully saturated rings. The van der Waals surface area contributed by atoms with E-state index in [-0.39, 0.29) is 24.4 Å². The monoisotopic (exact) mass is 442 g/mol. The van der Waals surface area contributed by atoms with Crippen molar-refractivity contribution in [1.82, 2.24) is 5.32 Å². The lowest BCUT2D eigenvalue weighted by Gasteiger charge is -2.08. The Morgan fingerprint density at radius 1 is 1.00 bits per heavy atom. The van der Waals surface area contributed by atoms with Crippen LogP contribution >= 0.6 is 31.9 Å². The van der Waals surface area contributed by atoms with Crippen LogP contribution in [0.1, 0.15) is 16.8 Å². The van der Waals surface area contributed by atoms with Crippen LogP contribution in [-0.2, 0) is 4.79 Å². The summed E-state index contributed by atoms with van der Waals surface area (Å²) >= 11 is 6.49. The number of anilines is 1. The summed E-state index contributed by atoms with van der Waals surface area (Å²) in [5, 5.41) is 5.24. The zero-order valence-corrected chi connectivity index (χ0v) is 15.1. The van der Waals surface area contributed by atoms with Crippen molar-refractivity contribution >= 4 is 49.4 Å². The Hall–Kier alpha value is -1.73. The van der Waals surface area contributed by atoms with Gasteiger partial charge in [0.25, 0.3) is 5.91 Å². The molecule has 0 aromatic heterocycles. The summed E-state index contributed by atoms with van der Waals surface area (Å²) in [7, 11) is 0. The van der Waals surface area contributed by atoms with E-state index in [0.29, 0.717) is 10.2 Å². The topological polar surface area (TPSA) is 58.2 Å². The molecule has 0 unspecified atom stereocenters. The average Bonchev–Trinajstić information content (AvgIpc) is 2.52. The maximum absolute atomic E-state index is 13.6. The Balaban J connectivity index is 1.82. The molecule has 2 aromatic rings. The van der Waals surface area contributed by atoms with Gasteiger partial charge in [0.1, 0.15) is 5.82 Å². The molecule has 2 rings (SSSR count). The highest BCUT2D eigenvalue weighted by Crippen LogP contribution is 2.16. The number of carbonyl (C=O) groups is 2. The van der Waals surface area contributed by atoms with Crippen molar-refractivity contribution in [2.24, 2.45) is 0 Å². The average molecular weight is 444 g/mol. The lowest BCUT2D eigenvalue weighted by molar-refractivity contribution is -0.116. The summed E-state index contributed by atoms with van der Waals surface area (Å²) in [5.74, 6) is -1.40. The van der Waals surface area contributed by atoms with Gasteiger partial charge in [0.05, 0.1) is 5.56 Å². The fourth-order valence-corrected chi connectivity index (χ4v) is 2.44. The third-order valence-electron chi connectivity index (χ3n) is 2.94. The largest absolute Gasteiger partial charge is 0.351 e. The molecule has 2 N–H and O–H groups in total. The predicted molar refractivity (Wildman–Crippen MR) is 93.8 cm³/mol. The fourth-order valence-electron chi connectivity index (χ4n) is 1.81. The van der Waals surface area contributed by atoms with Crippen LogP contribution in [-0.4, -0.2) is 18.4 Å². The summed E-state index contributed by atoms with van der Waals surface area (Å²) < 4.78 is 15.1. The van der Waals surface area contributed by atoms with Gasteiger partial charge in [0, 0.05) is 27.6 Å². The molecule has 0 saturated heterocycles. The van der Waals surface area contributed by atoms with Crippen LogP contribution in [0.25, 0.3) is 0 Å². The fraction of sp³-hybridized carbons (Fsp3) is 0.125. The minimum atomic E-state index is -0.606. The Kier molecular flexibility index (Phi) is 6.29. The molecule has 0 atom stereocenters. The van der Waals surface area contributed by atoms with E-state index < -0.39 is 11.7 Å². The van der Waals surface area contributed by atoms with E-state index in [1.807, 2.05) is 12.1 Å². The summed E-state index contributed by atoms with van der Waals surface area (Å²) in [6.07, 6.45) is 0.0947. The standard InChI is InChI=1S/C16H13Br2FN2O2/c17-10-1-4-12(5-2-10)21-15(22)7-8-20-16(23)13-9-11(18)3-6-14(13)19/h1-6,9H,7-8H2,(H,20,23)(H,21,22). The predicted octanol–water partition coefficient (Wildman–Crippen LogP) is 4.11. The van der Waals surface area contributed by atoms with E-state index >= 15 is 0 Å². The van der Waals surface area contributed by atoms with E-state index in [4.69, 9.17) is 0 Å². The Bertz CT molecular complexity index is 721. The number of hydrogen-bond acceptors (Lipinski definition) is 2. The first kappa shape index (κ1) is 17.6. The Labute approximate surface area is 149 Å². The molecule has 0 aliphatic carbocycles. The molecule has 23 heavy (non-hydrogen) atoms. The lowest BCUT2D eigenvalue weighted by atomic mass is 10.2. The Morgan fingerprint density at radius 3 is 2.35 bits per heavy atom. The molecular formula is C16H13Br2FN2O2. The van der Waals surface area contributed by atoms with E-state index in [9.17, 15) is 14.0 Å². The molecule has 0 aliphatic rings. The van der Waals surface area contributed by atoms with Crippen LogP contribution in [0.2, 0.25) is 0 Å². The third kappa shape index (κ3) is 5.44. The second kappa shape index (κ2) is 8.21. The second-order valence-electron chi connectivity index (χ2n) is 4.69. The van der Waals surface area contributed by atoms with Gasteiger partial charge in [-0.25, -0.2) is 4.39 Å². The van der Waals surface area contributed by atoms with Gasteiger partial charge in [0.15, 0.2) is 0 Å². The van der Waals surface area contributed by atoms with Gasteiger partial charge in [0.2, 0.25) is 5.91 Å². The Morgan fingerprint density at radius 2 is 1.65 bits per heavy atom. The molecule has 7 heteroatoms. The summed E-state index contributed by atoms with van der Waals surface area (Å²) in [6.45, 7) is 0.118. The van der Waals surface area contributed by atoms with Crippen molar-refractivity contribution < 1.29 is 14.0 Å². The van der Waals surface area contributed by atoms with Crippen LogP contribution in [0.4, 0.5) is 10.1 Å². The summed E-state index contributed by atoms with van der Waals surface area (Å²) in [5.41, 5.74) is 0.607. The maximum atomic E-state index is 13.6. The van der Waals surface area contributed by atoms with Gasteiger partial charge >= 0.3 is 0 Å². The number of nitrogens with one attached hydrogen (secondary N) is 2. The highest BCUT2D eigenvalue weighted by molar-refractivity contribution is 9.10. The zero-order chi connectivity index (χ0) is 16.8. The van der Waals surface area contributed by atoms with Gasteiger partial charge in [-0.05, 0) is 42.5 Å². The van der Waals surface area contributed by atoms with Crippen LogP contribution < -0.4 is 10.6 Å². The van der Waals surface area contributed by atoms with E-state index in [2.05, 4.69) is 42.5 Å². The minimum Gasteiger partial charge on any atom is -0.351 e. The molecule has 0 aliphatic heterocycles. The van der Waals surface area contributed by atoms with Gasteiger partial charge in [-0.1, -0.05) is 31.9 Å². The molecule has 0 spiro atoms. The van der Waals surface area contributed by atoms with Crippen molar-refractivity contribution in [2.75, 3.05) is 11.9 Å². The van der Waals surface area contributed by atoms with Crippen LogP contribution in [0.15, 0.2) is 51.4 Å². The van der Waals surface area contributed by atoms with E-state index in [1.165, 1.54) is 18.2 Å². The number of halogens is 3. The second-order valence-corrected chi connectivity index (χ2v) is 6.52. The quantitative estimate of drug-likeness (QED) is 0.730. The van der Waals surface area contributed by atoms with Crippen molar-refractivity contribution in [1.29, 1.82) is 0 Å². The molecule has 2 aromatic carbocycles. The van der Waals surface area contributed by atoms with Crippen molar-refractivity contribution in [2.45, 2.75) is 6.42 Å². The van der Waals surface area contributed by atoms with Crippen molar-refractivity contribution in [3.8, 4) is 0 Å². The van der Waals surface area contributed by atoms with Gasteiger partial charge in [-0.15, -0.1) is 0 Å². The van der Waals surface area contributed by atoms with Gasteiger partial charge in [-0.2, -0.15) is 0 Å². The maximum Gasteiger partial charge on any atom is 0.254 e. The molecule has 2 amide bonds. The normalized spacial score (nSPS) is 10.2. The first-order chi connectivity index (χ1) is 11.0. The molecule has 0 saturated carbocycles. The SMILES string of the molecule is O=C(CCNC(=O)c1cc(Br)ccc1F)Nc1ccc(Br)cc1. The highest BCUT2D eigenvalue weighted by Gasteiger charge is 2.12. The number of amides is 2. The number of rotatable bonds is 5. The molecule has 4 nitrogen and oxygen atoms in total. The van der Waals surface area contributed by atoms with Crippen molar-refractivity contribution in [3.05, 3.63) is 62.8 Å². The molecule has 0 heterocycles. The van der Waals surface area contributed by atoms with Crippen LogP contribution in [0, 0.1) is 5.82 Å². The van der Waals surface area contributed by atoms with Crippen molar-refractivity contribution in [3.63, 3.8) is 0 Å². The highest BCUT2D eigenvalue weighted by atomic mass is 79.9. The first-order valence-corrected chi connectivity index (χ1v) is 8.33. The van der Waals surface area contributed by atoms with Crippen LogP contribution in [0.5, 0.6) is 0 Å². The van der Waals surface area contributed by atoms with Crippen LogP contribution in [0.3, 0.4) is 0 Å². The third-order valence-corrected chi connectivity index (χ3v) is 3.96. The molecule has 120 valence electrons. The lowest BCUT2D eigenvalue weighted by Crippen LogP contribution is -2.28. The molecular weight excluding hydrogens is 431 g/mol. The molecule has 0 radical (unpaired) electrons.